The number of anilines is 2. The highest BCUT2D eigenvalue weighted by atomic mass is 16.5. The number of carbonyl (C=O) groups is 1. The molecule has 5 nitrogen and oxygen atoms in total. The van der Waals surface area contributed by atoms with E-state index >= 15 is 0 Å². The van der Waals surface area contributed by atoms with Gasteiger partial charge in [-0.05, 0) is 25.0 Å². The number of rotatable bonds is 2. The number of pyridine rings is 1. The molecule has 1 fully saturated rings. The fourth-order valence-corrected chi connectivity index (χ4v) is 2.12. The SMILES string of the molecule is COC(=O)C1CCN(c2nccc(C)c2N)C1. The van der Waals surface area contributed by atoms with Crippen molar-refractivity contribution in [2.45, 2.75) is 13.3 Å². The number of hydrogen-bond donors (Lipinski definition) is 1. The molecule has 0 aromatic carbocycles. The summed E-state index contributed by atoms with van der Waals surface area (Å²) in [5, 5.41) is 0. The molecular formula is C12H17N3O2. The topological polar surface area (TPSA) is 68.5 Å². The number of carbonyl (C=O) groups excluding carboxylic acids is 1. The third-order valence-electron chi connectivity index (χ3n) is 3.21. The Morgan fingerprint density at radius 3 is 3.12 bits per heavy atom. The van der Waals surface area contributed by atoms with Crippen LogP contribution in [0, 0.1) is 12.8 Å². The van der Waals surface area contributed by atoms with Crippen molar-refractivity contribution >= 4 is 17.5 Å². The van der Waals surface area contributed by atoms with Crippen molar-refractivity contribution in [3.63, 3.8) is 0 Å². The molecule has 1 aromatic rings. The fourth-order valence-electron chi connectivity index (χ4n) is 2.12. The van der Waals surface area contributed by atoms with Gasteiger partial charge in [-0.1, -0.05) is 0 Å². The van der Waals surface area contributed by atoms with Gasteiger partial charge in [0.15, 0.2) is 5.82 Å². The second-order valence-corrected chi connectivity index (χ2v) is 4.32. The Morgan fingerprint density at radius 1 is 1.65 bits per heavy atom. The van der Waals surface area contributed by atoms with Crippen molar-refractivity contribution in [3.8, 4) is 0 Å². The number of ether oxygens (including phenoxy) is 1. The monoisotopic (exact) mass is 235 g/mol. The number of nitrogens with two attached hydrogens (primary N) is 1. The van der Waals surface area contributed by atoms with Crippen LogP contribution in [0.5, 0.6) is 0 Å². The minimum atomic E-state index is -0.154. The third-order valence-corrected chi connectivity index (χ3v) is 3.21. The molecule has 1 unspecified atom stereocenters. The molecule has 92 valence electrons. The molecule has 5 heteroatoms. The lowest BCUT2D eigenvalue weighted by Gasteiger charge is -2.19. The highest BCUT2D eigenvalue weighted by Gasteiger charge is 2.30. The molecule has 1 aromatic heterocycles. The Balaban J connectivity index is 2.15. The van der Waals surface area contributed by atoms with Crippen LogP contribution in [0.1, 0.15) is 12.0 Å². The number of methoxy groups -OCH3 is 1. The van der Waals surface area contributed by atoms with E-state index in [1.165, 1.54) is 7.11 Å². The minimum Gasteiger partial charge on any atom is -0.469 e. The number of nitrogens with zero attached hydrogens (tertiary/aromatic N) is 2. The van der Waals surface area contributed by atoms with E-state index in [2.05, 4.69) is 4.98 Å². The Bertz CT molecular complexity index is 434. The predicted molar refractivity (Wildman–Crippen MR) is 65.7 cm³/mol. The molecule has 0 amide bonds. The summed E-state index contributed by atoms with van der Waals surface area (Å²) in [6.45, 7) is 3.38. The van der Waals surface area contributed by atoms with E-state index in [1.807, 2.05) is 17.9 Å². The van der Waals surface area contributed by atoms with Crippen molar-refractivity contribution in [3.05, 3.63) is 17.8 Å². The zero-order valence-corrected chi connectivity index (χ0v) is 10.1. The second kappa shape index (κ2) is 4.61. The van der Waals surface area contributed by atoms with E-state index in [9.17, 15) is 4.79 Å². The second-order valence-electron chi connectivity index (χ2n) is 4.32. The maximum absolute atomic E-state index is 11.4. The van der Waals surface area contributed by atoms with Gasteiger partial charge in [-0.2, -0.15) is 0 Å². The van der Waals surface area contributed by atoms with Gasteiger partial charge in [0.25, 0.3) is 0 Å². The number of esters is 1. The summed E-state index contributed by atoms with van der Waals surface area (Å²) in [6, 6.07) is 1.88. The van der Waals surface area contributed by atoms with Crippen LogP contribution in [0.3, 0.4) is 0 Å². The number of nitrogen functional groups attached to an aromatic ring is 1. The number of hydrogen-bond acceptors (Lipinski definition) is 5. The summed E-state index contributed by atoms with van der Waals surface area (Å²) in [6.07, 6.45) is 2.54. The molecule has 1 aliphatic rings. The lowest BCUT2D eigenvalue weighted by molar-refractivity contribution is -0.144. The lowest BCUT2D eigenvalue weighted by atomic mass is 10.1. The molecule has 0 aliphatic carbocycles. The molecular weight excluding hydrogens is 218 g/mol. The number of aromatic nitrogens is 1. The standard InChI is InChI=1S/C12H17N3O2/c1-8-3-5-14-11(10(8)13)15-6-4-9(7-15)12(16)17-2/h3,5,9H,4,6-7,13H2,1-2H3. The van der Waals surface area contributed by atoms with Gasteiger partial charge in [-0.25, -0.2) is 4.98 Å². The van der Waals surface area contributed by atoms with Crippen LogP contribution in [0.4, 0.5) is 11.5 Å². The van der Waals surface area contributed by atoms with Crippen LogP contribution in [-0.4, -0.2) is 31.2 Å². The fraction of sp³-hybridized carbons (Fsp3) is 0.500. The molecule has 0 radical (unpaired) electrons. The van der Waals surface area contributed by atoms with Gasteiger partial charge < -0.3 is 15.4 Å². The van der Waals surface area contributed by atoms with Crippen LogP contribution < -0.4 is 10.6 Å². The largest absolute Gasteiger partial charge is 0.469 e. The minimum absolute atomic E-state index is 0.0679. The van der Waals surface area contributed by atoms with Gasteiger partial charge in [-0.3, -0.25) is 4.79 Å². The van der Waals surface area contributed by atoms with Crippen molar-refractivity contribution in [2.75, 3.05) is 30.8 Å². The zero-order valence-electron chi connectivity index (χ0n) is 10.1. The normalized spacial score (nSPS) is 19.4. The van der Waals surface area contributed by atoms with Gasteiger partial charge in [-0.15, -0.1) is 0 Å². The summed E-state index contributed by atoms with van der Waals surface area (Å²) in [5.74, 6) is 0.553. The van der Waals surface area contributed by atoms with E-state index in [0.717, 1.165) is 24.3 Å². The maximum atomic E-state index is 11.4. The smallest absolute Gasteiger partial charge is 0.310 e. The highest BCUT2D eigenvalue weighted by Crippen LogP contribution is 2.28. The molecule has 0 spiro atoms. The summed E-state index contributed by atoms with van der Waals surface area (Å²) in [7, 11) is 1.42. The first kappa shape index (κ1) is 11.7. The molecule has 1 saturated heterocycles. The molecule has 1 aliphatic heterocycles. The van der Waals surface area contributed by atoms with Gasteiger partial charge in [0.05, 0.1) is 18.7 Å². The molecule has 0 saturated carbocycles. The Labute approximate surface area is 101 Å². The van der Waals surface area contributed by atoms with Crippen LogP contribution in [-0.2, 0) is 9.53 Å². The summed E-state index contributed by atoms with van der Waals surface area (Å²) < 4.78 is 4.76. The first-order valence-corrected chi connectivity index (χ1v) is 5.67. The van der Waals surface area contributed by atoms with Crippen LogP contribution in [0.2, 0.25) is 0 Å². The lowest BCUT2D eigenvalue weighted by Crippen LogP contribution is -2.25. The molecule has 17 heavy (non-hydrogen) atoms. The molecule has 0 bridgehead atoms. The highest BCUT2D eigenvalue weighted by molar-refractivity contribution is 5.75. The Morgan fingerprint density at radius 2 is 2.41 bits per heavy atom. The Kier molecular flexibility index (Phi) is 3.17. The molecule has 2 heterocycles. The Hall–Kier alpha value is -1.78. The molecule has 2 rings (SSSR count). The van der Waals surface area contributed by atoms with Crippen LogP contribution in [0.15, 0.2) is 12.3 Å². The van der Waals surface area contributed by atoms with E-state index in [-0.39, 0.29) is 11.9 Å². The van der Waals surface area contributed by atoms with Crippen molar-refractivity contribution in [2.24, 2.45) is 5.92 Å². The van der Waals surface area contributed by atoms with Crippen LogP contribution >= 0.6 is 0 Å². The van der Waals surface area contributed by atoms with E-state index in [0.29, 0.717) is 12.2 Å². The van der Waals surface area contributed by atoms with E-state index in [1.54, 1.807) is 6.20 Å². The first-order valence-electron chi connectivity index (χ1n) is 5.67. The van der Waals surface area contributed by atoms with Crippen molar-refractivity contribution in [1.82, 2.24) is 4.98 Å². The maximum Gasteiger partial charge on any atom is 0.310 e. The predicted octanol–water partition coefficient (Wildman–Crippen LogP) is 0.972. The van der Waals surface area contributed by atoms with Crippen molar-refractivity contribution < 1.29 is 9.53 Å². The van der Waals surface area contributed by atoms with Gasteiger partial charge in [0, 0.05) is 19.3 Å². The van der Waals surface area contributed by atoms with Gasteiger partial charge in [0.2, 0.25) is 0 Å². The number of aryl methyl sites for hydroxylation is 1. The van der Waals surface area contributed by atoms with Gasteiger partial charge in [0.1, 0.15) is 0 Å². The average Bonchev–Trinajstić information content (AvgIpc) is 2.81. The first-order chi connectivity index (χ1) is 8.13. The van der Waals surface area contributed by atoms with Gasteiger partial charge >= 0.3 is 5.97 Å². The molecule has 2 N–H and O–H groups in total. The molecule has 1 atom stereocenters. The quantitative estimate of drug-likeness (QED) is 0.774. The van der Waals surface area contributed by atoms with Crippen molar-refractivity contribution in [1.29, 1.82) is 0 Å². The summed E-state index contributed by atoms with van der Waals surface area (Å²) in [5.41, 5.74) is 7.70. The van der Waals surface area contributed by atoms with E-state index < -0.39 is 0 Å². The average molecular weight is 235 g/mol. The third kappa shape index (κ3) is 2.18. The summed E-state index contributed by atoms with van der Waals surface area (Å²) in [4.78, 5) is 17.8. The van der Waals surface area contributed by atoms with E-state index in [4.69, 9.17) is 10.5 Å². The zero-order chi connectivity index (χ0) is 12.4. The summed E-state index contributed by atoms with van der Waals surface area (Å²) >= 11 is 0. The van der Waals surface area contributed by atoms with Crippen LogP contribution in [0.25, 0.3) is 0 Å².